The van der Waals surface area contributed by atoms with Crippen LogP contribution in [0.3, 0.4) is 0 Å². The summed E-state index contributed by atoms with van der Waals surface area (Å²) >= 11 is 0. The van der Waals surface area contributed by atoms with Crippen LogP contribution in [0.15, 0.2) is 35.2 Å². The van der Waals surface area contributed by atoms with Crippen molar-refractivity contribution in [1.29, 1.82) is 0 Å². The minimum atomic E-state index is -3.70. The molecule has 3 nitrogen and oxygen atoms in total. The first kappa shape index (κ1) is 15.1. The molecular formula is C13H17ClO3S. The van der Waals surface area contributed by atoms with Gasteiger partial charge in [-0.2, -0.15) is 0 Å². The van der Waals surface area contributed by atoms with Crippen LogP contribution in [0, 0.1) is 0 Å². The Morgan fingerprint density at radius 2 is 2.06 bits per heavy atom. The fourth-order valence-electron chi connectivity index (χ4n) is 1.49. The van der Waals surface area contributed by atoms with Crippen LogP contribution in [-0.4, -0.2) is 15.0 Å². The monoisotopic (exact) mass is 288 g/mol. The van der Waals surface area contributed by atoms with E-state index in [1.54, 1.807) is 12.1 Å². The number of benzene rings is 1. The summed E-state index contributed by atoms with van der Waals surface area (Å²) in [7, 11) is 1.64. The Bertz CT molecular complexity index is 533. The molecule has 0 heterocycles. The van der Waals surface area contributed by atoms with Gasteiger partial charge in [-0.3, -0.25) is 0 Å². The van der Waals surface area contributed by atoms with Gasteiger partial charge in [0.15, 0.2) is 0 Å². The molecule has 0 aromatic heterocycles. The van der Waals surface area contributed by atoms with E-state index in [0.29, 0.717) is 12.4 Å². The van der Waals surface area contributed by atoms with Gasteiger partial charge in [-0.15, -0.1) is 0 Å². The van der Waals surface area contributed by atoms with Crippen molar-refractivity contribution in [1.82, 2.24) is 0 Å². The molecule has 0 fully saturated rings. The van der Waals surface area contributed by atoms with Crippen molar-refractivity contribution in [2.75, 3.05) is 6.61 Å². The van der Waals surface area contributed by atoms with Crippen LogP contribution < -0.4 is 4.74 Å². The predicted molar refractivity (Wildman–Crippen MR) is 73.9 cm³/mol. The first-order chi connectivity index (χ1) is 8.36. The van der Waals surface area contributed by atoms with Crippen LogP contribution in [0.4, 0.5) is 0 Å². The molecule has 0 aliphatic heterocycles. The van der Waals surface area contributed by atoms with Crippen molar-refractivity contribution < 1.29 is 13.2 Å². The first-order valence-electron chi connectivity index (χ1n) is 5.68. The van der Waals surface area contributed by atoms with Crippen molar-refractivity contribution in [3.05, 3.63) is 35.9 Å². The van der Waals surface area contributed by atoms with Crippen LogP contribution in [0.2, 0.25) is 0 Å². The van der Waals surface area contributed by atoms with Crippen molar-refractivity contribution in [2.45, 2.75) is 31.6 Å². The molecule has 0 saturated carbocycles. The van der Waals surface area contributed by atoms with Gasteiger partial charge in [-0.05, 0) is 36.6 Å². The SMILES string of the molecule is C/C=C/COc1ccc(S(=O)(=O)Cl)cc1C(C)C. The molecule has 5 heteroatoms. The number of allylic oxidation sites excluding steroid dienone is 1. The normalized spacial score (nSPS) is 12.3. The summed E-state index contributed by atoms with van der Waals surface area (Å²) in [6.45, 7) is 6.32. The Hall–Kier alpha value is -1.00. The molecule has 0 spiro atoms. The summed E-state index contributed by atoms with van der Waals surface area (Å²) < 4.78 is 28.2. The maximum absolute atomic E-state index is 11.3. The highest BCUT2D eigenvalue weighted by atomic mass is 35.7. The first-order valence-corrected chi connectivity index (χ1v) is 7.99. The largest absolute Gasteiger partial charge is 0.489 e. The van der Waals surface area contributed by atoms with E-state index in [1.165, 1.54) is 6.07 Å². The zero-order valence-corrected chi connectivity index (χ0v) is 12.3. The van der Waals surface area contributed by atoms with Gasteiger partial charge >= 0.3 is 0 Å². The molecule has 0 bridgehead atoms. The van der Waals surface area contributed by atoms with Gasteiger partial charge in [0, 0.05) is 10.7 Å². The van der Waals surface area contributed by atoms with Gasteiger partial charge in [0.25, 0.3) is 9.05 Å². The average molecular weight is 289 g/mol. The molecule has 0 aliphatic rings. The van der Waals surface area contributed by atoms with Crippen LogP contribution in [0.25, 0.3) is 0 Å². The maximum Gasteiger partial charge on any atom is 0.261 e. The molecule has 0 saturated heterocycles. The number of rotatable bonds is 5. The molecule has 0 N–H and O–H groups in total. The highest BCUT2D eigenvalue weighted by Crippen LogP contribution is 2.30. The number of hydrogen-bond acceptors (Lipinski definition) is 3. The molecule has 0 amide bonds. The van der Waals surface area contributed by atoms with Gasteiger partial charge in [0.1, 0.15) is 12.4 Å². The molecule has 0 aliphatic carbocycles. The number of hydrogen-bond donors (Lipinski definition) is 0. The molecule has 1 rings (SSSR count). The molecular weight excluding hydrogens is 272 g/mol. The summed E-state index contributed by atoms with van der Waals surface area (Å²) in [4.78, 5) is 0.103. The second kappa shape index (κ2) is 6.25. The lowest BCUT2D eigenvalue weighted by Gasteiger charge is -2.14. The lowest BCUT2D eigenvalue weighted by molar-refractivity contribution is 0.356. The predicted octanol–water partition coefficient (Wildman–Crippen LogP) is 3.69. The van der Waals surface area contributed by atoms with Gasteiger partial charge in [-0.1, -0.05) is 26.0 Å². The lowest BCUT2D eigenvalue weighted by Crippen LogP contribution is -2.01. The minimum Gasteiger partial charge on any atom is -0.489 e. The van der Waals surface area contributed by atoms with E-state index in [2.05, 4.69) is 0 Å². The van der Waals surface area contributed by atoms with Crippen LogP contribution in [0.1, 0.15) is 32.3 Å². The van der Waals surface area contributed by atoms with E-state index in [4.69, 9.17) is 15.4 Å². The second-order valence-electron chi connectivity index (χ2n) is 4.17. The summed E-state index contributed by atoms with van der Waals surface area (Å²) in [5.74, 6) is 0.844. The van der Waals surface area contributed by atoms with Crippen molar-refractivity contribution in [3.8, 4) is 5.75 Å². The smallest absolute Gasteiger partial charge is 0.261 e. The number of ether oxygens (including phenoxy) is 1. The Kier molecular flexibility index (Phi) is 5.23. The topological polar surface area (TPSA) is 43.4 Å². The average Bonchev–Trinajstić information content (AvgIpc) is 2.28. The van der Waals surface area contributed by atoms with Gasteiger partial charge in [0.05, 0.1) is 4.90 Å². The van der Waals surface area contributed by atoms with E-state index in [-0.39, 0.29) is 10.8 Å². The molecule has 100 valence electrons. The standard InChI is InChI=1S/C13H17ClO3S/c1-4-5-8-17-13-7-6-11(18(14,15)16)9-12(13)10(2)3/h4-7,9-10H,8H2,1-3H3/b5-4+. The molecule has 0 radical (unpaired) electrons. The van der Waals surface area contributed by atoms with E-state index < -0.39 is 9.05 Å². The van der Waals surface area contributed by atoms with E-state index in [9.17, 15) is 8.42 Å². The molecule has 1 aromatic rings. The Balaban J connectivity index is 3.13. The van der Waals surface area contributed by atoms with Gasteiger partial charge in [0.2, 0.25) is 0 Å². The van der Waals surface area contributed by atoms with Crippen LogP contribution in [0.5, 0.6) is 5.75 Å². The van der Waals surface area contributed by atoms with Gasteiger partial charge in [-0.25, -0.2) is 8.42 Å². The van der Waals surface area contributed by atoms with Crippen molar-refractivity contribution >= 4 is 19.7 Å². The van der Waals surface area contributed by atoms with Gasteiger partial charge < -0.3 is 4.74 Å². The third-order valence-electron chi connectivity index (χ3n) is 2.46. The van der Waals surface area contributed by atoms with Crippen LogP contribution in [-0.2, 0) is 9.05 Å². The van der Waals surface area contributed by atoms with E-state index in [1.807, 2.05) is 32.9 Å². The molecule has 0 atom stereocenters. The Morgan fingerprint density at radius 3 is 2.56 bits per heavy atom. The molecule has 18 heavy (non-hydrogen) atoms. The quantitative estimate of drug-likeness (QED) is 0.613. The number of halogens is 1. The van der Waals surface area contributed by atoms with E-state index >= 15 is 0 Å². The van der Waals surface area contributed by atoms with Crippen molar-refractivity contribution in [2.24, 2.45) is 0 Å². The van der Waals surface area contributed by atoms with E-state index in [0.717, 1.165) is 5.56 Å². The molecule has 0 unspecified atom stereocenters. The molecule has 1 aromatic carbocycles. The third-order valence-corrected chi connectivity index (χ3v) is 3.81. The summed E-state index contributed by atoms with van der Waals surface area (Å²) in [6, 6.07) is 4.67. The lowest BCUT2D eigenvalue weighted by atomic mass is 10.0. The Labute approximate surface area is 113 Å². The summed E-state index contributed by atoms with van der Waals surface area (Å²) in [5, 5.41) is 0. The maximum atomic E-state index is 11.3. The second-order valence-corrected chi connectivity index (χ2v) is 6.74. The van der Waals surface area contributed by atoms with Crippen molar-refractivity contribution in [3.63, 3.8) is 0 Å². The highest BCUT2D eigenvalue weighted by Gasteiger charge is 2.15. The summed E-state index contributed by atoms with van der Waals surface area (Å²) in [6.07, 6.45) is 3.78. The zero-order valence-electron chi connectivity index (χ0n) is 10.7. The summed E-state index contributed by atoms with van der Waals surface area (Å²) in [5.41, 5.74) is 0.834. The highest BCUT2D eigenvalue weighted by molar-refractivity contribution is 8.13. The zero-order chi connectivity index (χ0) is 13.8. The van der Waals surface area contributed by atoms with Crippen LogP contribution >= 0.6 is 10.7 Å². The minimum absolute atomic E-state index is 0.103. The third kappa shape index (κ3) is 4.03. The fourth-order valence-corrected chi connectivity index (χ4v) is 2.28. The fraction of sp³-hybridized carbons (Fsp3) is 0.385. The Morgan fingerprint density at radius 1 is 1.39 bits per heavy atom.